The van der Waals surface area contributed by atoms with Crippen molar-refractivity contribution in [2.75, 3.05) is 7.11 Å². The van der Waals surface area contributed by atoms with Gasteiger partial charge < -0.3 is 4.74 Å². The molecule has 0 spiro atoms. The van der Waals surface area contributed by atoms with Crippen molar-refractivity contribution < 1.29 is 4.74 Å². The molecule has 0 amide bonds. The maximum Gasteiger partial charge on any atom is 0.184 e. The van der Waals surface area contributed by atoms with Crippen molar-refractivity contribution in [3.05, 3.63) is 23.9 Å². The van der Waals surface area contributed by atoms with Crippen molar-refractivity contribution in [3.63, 3.8) is 0 Å². The standard InChI is InChI=1S/C9H15NO/c1-7(2)8(3)6-10-9(4)11-5/h6H,1H2,2-5H3/b8-6-,10-9?. The molecule has 0 fully saturated rings. The molecule has 0 heterocycles. The van der Waals surface area contributed by atoms with E-state index in [2.05, 4.69) is 11.6 Å². The lowest BCUT2D eigenvalue weighted by molar-refractivity contribution is 0.400. The summed E-state index contributed by atoms with van der Waals surface area (Å²) in [7, 11) is 1.60. The van der Waals surface area contributed by atoms with Gasteiger partial charge in [-0.2, -0.15) is 0 Å². The van der Waals surface area contributed by atoms with Gasteiger partial charge in [0.1, 0.15) is 0 Å². The molecule has 0 N–H and O–H groups in total. The molecular weight excluding hydrogens is 138 g/mol. The number of methoxy groups -OCH3 is 1. The normalized spacial score (nSPS) is 13.1. The Morgan fingerprint density at radius 1 is 1.36 bits per heavy atom. The zero-order chi connectivity index (χ0) is 8.85. The van der Waals surface area contributed by atoms with Crippen molar-refractivity contribution in [2.24, 2.45) is 4.99 Å². The minimum atomic E-state index is 0.658. The first-order valence-corrected chi connectivity index (χ1v) is 3.49. The Morgan fingerprint density at radius 2 is 1.91 bits per heavy atom. The van der Waals surface area contributed by atoms with E-state index in [1.165, 1.54) is 0 Å². The smallest absolute Gasteiger partial charge is 0.184 e. The van der Waals surface area contributed by atoms with Gasteiger partial charge in [0.25, 0.3) is 0 Å². The SMILES string of the molecule is C=C(C)/C(C)=C\N=C(C)OC. The molecule has 0 atom stereocenters. The molecule has 0 aliphatic heterocycles. The number of rotatable bonds is 2. The Labute approximate surface area is 68.3 Å². The first kappa shape index (κ1) is 9.95. The van der Waals surface area contributed by atoms with Crippen LogP contribution in [0.5, 0.6) is 0 Å². The number of hydrogen-bond acceptors (Lipinski definition) is 2. The molecule has 0 aromatic rings. The molecule has 0 aliphatic rings. The fraction of sp³-hybridized carbons (Fsp3) is 0.444. The van der Waals surface area contributed by atoms with Crippen molar-refractivity contribution in [1.82, 2.24) is 0 Å². The van der Waals surface area contributed by atoms with Crippen LogP contribution in [-0.4, -0.2) is 13.0 Å². The molecule has 11 heavy (non-hydrogen) atoms. The van der Waals surface area contributed by atoms with Gasteiger partial charge in [0, 0.05) is 13.1 Å². The van der Waals surface area contributed by atoms with Crippen LogP contribution >= 0.6 is 0 Å². The molecule has 0 unspecified atom stereocenters. The van der Waals surface area contributed by atoms with Gasteiger partial charge >= 0.3 is 0 Å². The van der Waals surface area contributed by atoms with Crippen molar-refractivity contribution >= 4 is 5.90 Å². The molecule has 0 rings (SSSR count). The van der Waals surface area contributed by atoms with Crippen molar-refractivity contribution in [3.8, 4) is 0 Å². The lowest BCUT2D eigenvalue weighted by atomic mass is 10.2. The van der Waals surface area contributed by atoms with Crippen molar-refractivity contribution in [1.29, 1.82) is 0 Å². The highest BCUT2D eigenvalue weighted by molar-refractivity contribution is 5.73. The molecule has 62 valence electrons. The van der Waals surface area contributed by atoms with Gasteiger partial charge in [-0.1, -0.05) is 12.2 Å². The molecule has 0 bridgehead atoms. The lowest BCUT2D eigenvalue weighted by Gasteiger charge is -1.96. The highest BCUT2D eigenvalue weighted by atomic mass is 16.5. The molecule has 0 aromatic heterocycles. The Morgan fingerprint density at radius 3 is 2.27 bits per heavy atom. The van der Waals surface area contributed by atoms with Crippen LogP contribution in [0.15, 0.2) is 28.9 Å². The number of nitrogens with zero attached hydrogens (tertiary/aromatic N) is 1. The summed E-state index contributed by atoms with van der Waals surface area (Å²) in [5.74, 6) is 0.658. The highest BCUT2D eigenvalue weighted by Gasteiger charge is 1.87. The molecule has 0 radical (unpaired) electrons. The molecule has 0 aromatic carbocycles. The zero-order valence-electron chi connectivity index (χ0n) is 7.64. The second kappa shape index (κ2) is 4.72. The van der Waals surface area contributed by atoms with Crippen LogP contribution in [0, 0.1) is 0 Å². The number of allylic oxidation sites excluding steroid dienone is 2. The van der Waals surface area contributed by atoms with Gasteiger partial charge in [-0.25, -0.2) is 4.99 Å². The predicted octanol–water partition coefficient (Wildman–Crippen LogP) is 2.53. The van der Waals surface area contributed by atoms with E-state index in [0.717, 1.165) is 11.1 Å². The largest absolute Gasteiger partial charge is 0.484 e. The lowest BCUT2D eigenvalue weighted by Crippen LogP contribution is -1.91. The van der Waals surface area contributed by atoms with Gasteiger partial charge in [0.05, 0.1) is 7.11 Å². The summed E-state index contributed by atoms with van der Waals surface area (Å²) in [5, 5.41) is 0. The summed E-state index contributed by atoms with van der Waals surface area (Å²) in [4.78, 5) is 4.04. The van der Waals surface area contributed by atoms with Gasteiger partial charge in [0.15, 0.2) is 5.90 Å². The van der Waals surface area contributed by atoms with E-state index in [-0.39, 0.29) is 0 Å². The van der Waals surface area contributed by atoms with Crippen LogP contribution in [0.1, 0.15) is 20.8 Å². The summed E-state index contributed by atoms with van der Waals surface area (Å²) in [5.41, 5.74) is 2.10. The van der Waals surface area contributed by atoms with Gasteiger partial charge in [0.2, 0.25) is 0 Å². The average molecular weight is 153 g/mol. The van der Waals surface area contributed by atoms with Crippen LogP contribution < -0.4 is 0 Å². The van der Waals surface area contributed by atoms with Gasteiger partial charge in [-0.3, -0.25) is 0 Å². The quantitative estimate of drug-likeness (QED) is 0.339. The number of aliphatic imine (C=N–C) groups is 1. The van der Waals surface area contributed by atoms with Crippen LogP contribution in [0.4, 0.5) is 0 Å². The van der Waals surface area contributed by atoms with E-state index in [0.29, 0.717) is 5.90 Å². The summed E-state index contributed by atoms with van der Waals surface area (Å²) in [6, 6.07) is 0. The second-order valence-electron chi connectivity index (χ2n) is 2.44. The maximum absolute atomic E-state index is 4.86. The average Bonchev–Trinajstić information content (AvgIpc) is 1.99. The molecule has 0 aliphatic carbocycles. The summed E-state index contributed by atoms with van der Waals surface area (Å²) < 4.78 is 4.86. The predicted molar refractivity (Wildman–Crippen MR) is 48.7 cm³/mol. The highest BCUT2D eigenvalue weighted by Crippen LogP contribution is 2.04. The minimum absolute atomic E-state index is 0.658. The van der Waals surface area contributed by atoms with E-state index in [1.54, 1.807) is 13.3 Å². The van der Waals surface area contributed by atoms with Gasteiger partial charge in [-0.15, -0.1) is 0 Å². The van der Waals surface area contributed by atoms with E-state index < -0.39 is 0 Å². The Hall–Kier alpha value is -1.05. The minimum Gasteiger partial charge on any atom is -0.484 e. The molecule has 2 nitrogen and oxygen atoms in total. The topological polar surface area (TPSA) is 21.6 Å². The van der Waals surface area contributed by atoms with Crippen molar-refractivity contribution in [2.45, 2.75) is 20.8 Å². The summed E-state index contributed by atoms with van der Waals surface area (Å²) >= 11 is 0. The fourth-order valence-electron chi connectivity index (χ4n) is 0.351. The van der Waals surface area contributed by atoms with E-state index in [1.807, 2.05) is 20.8 Å². The second-order valence-corrected chi connectivity index (χ2v) is 2.44. The van der Waals surface area contributed by atoms with Crippen LogP contribution in [0.2, 0.25) is 0 Å². The van der Waals surface area contributed by atoms with E-state index in [4.69, 9.17) is 4.74 Å². The fourth-order valence-corrected chi connectivity index (χ4v) is 0.351. The van der Waals surface area contributed by atoms with E-state index >= 15 is 0 Å². The molecule has 0 saturated heterocycles. The Bertz CT molecular complexity index is 202. The Balaban J connectivity index is 4.22. The summed E-state index contributed by atoms with van der Waals surface area (Å²) in [6.07, 6.45) is 1.75. The third-order valence-electron chi connectivity index (χ3n) is 1.41. The number of ether oxygens (including phenoxy) is 1. The zero-order valence-corrected chi connectivity index (χ0v) is 7.64. The Kier molecular flexibility index (Phi) is 4.27. The van der Waals surface area contributed by atoms with Gasteiger partial charge in [-0.05, 0) is 19.4 Å². The van der Waals surface area contributed by atoms with Crippen LogP contribution in [0.25, 0.3) is 0 Å². The summed E-state index contributed by atoms with van der Waals surface area (Å²) in [6.45, 7) is 9.50. The maximum atomic E-state index is 4.86. The monoisotopic (exact) mass is 153 g/mol. The first-order chi connectivity index (χ1) is 5.07. The van der Waals surface area contributed by atoms with Crippen LogP contribution in [-0.2, 0) is 4.74 Å². The molecule has 0 saturated carbocycles. The molecular formula is C9H15NO. The third-order valence-corrected chi connectivity index (χ3v) is 1.41. The first-order valence-electron chi connectivity index (χ1n) is 3.49. The third kappa shape index (κ3) is 4.37. The van der Waals surface area contributed by atoms with Crippen LogP contribution in [0.3, 0.4) is 0 Å². The number of hydrogen-bond donors (Lipinski definition) is 0. The molecule has 2 heteroatoms. The van der Waals surface area contributed by atoms with E-state index in [9.17, 15) is 0 Å².